The lowest BCUT2D eigenvalue weighted by Crippen LogP contribution is -2.29. The molecule has 6 heteroatoms. The third kappa shape index (κ3) is 3.78. The van der Waals surface area contributed by atoms with Crippen LogP contribution in [0, 0.1) is 0 Å². The van der Waals surface area contributed by atoms with Gasteiger partial charge in [-0.1, -0.05) is 22.0 Å². The molecule has 0 spiro atoms. The highest BCUT2D eigenvalue weighted by Crippen LogP contribution is 2.27. The fourth-order valence-electron chi connectivity index (χ4n) is 2.06. The molecule has 116 valence electrons. The van der Waals surface area contributed by atoms with Gasteiger partial charge < -0.3 is 10.1 Å². The molecule has 0 saturated carbocycles. The first-order valence-corrected chi connectivity index (χ1v) is 8.50. The van der Waals surface area contributed by atoms with Crippen molar-refractivity contribution < 1.29 is 14.3 Å². The monoisotopic (exact) mass is 389 g/mol. The lowest BCUT2D eigenvalue weighted by atomic mass is 10.1. The predicted molar refractivity (Wildman–Crippen MR) is 93.5 cm³/mol. The number of hydrogen-bond donors (Lipinski definition) is 1. The molecule has 23 heavy (non-hydrogen) atoms. The molecular formula is C17H12BrNO3S. The number of halogens is 1. The number of rotatable bonds is 4. The van der Waals surface area contributed by atoms with Crippen LogP contribution in [0.4, 0.5) is 0 Å². The second-order valence-electron chi connectivity index (χ2n) is 4.79. The van der Waals surface area contributed by atoms with Crippen LogP contribution in [0.2, 0.25) is 0 Å². The molecule has 1 aromatic heterocycles. The lowest BCUT2D eigenvalue weighted by molar-refractivity contribution is -0.116. The second-order valence-corrected chi connectivity index (χ2v) is 6.65. The summed E-state index contributed by atoms with van der Waals surface area (Å²) in [5.41, 5.74) is 1.22. The summed E-state index contributed by atoms with van der Waals surface area (Å²) < 4.78 is 6.36. The fraction of sp³-hybridized carbons (Fsp3) is 0.0588. The Bertz CT molecular complexity index is 809. The van der Waals surface area contributed by atoms with Crippen LogP contribution in [0.5, 0.6) is 5.75 Å². The topological polar surface area (TPSA) is 55.4 Å². The van der Waals surface area contributed by atoms with E-state index in [1.807, 2.05) is 29.6 Å². The first-order chi connectivity index (χ1) is 11.1. The second kappa shape index (κ2) is 6.93. The number of carbonyl (C=O) groups excluding carboxylic acids is 2. The predicted octanol–water partition coefficient (Wildman–Crippen LogP) is 3.80. The van der Waals surface area contributed by atoms with Gasteiger partial charge in [0.2, 0.25) is 0 Å². The molecule has 0 radical (unpaired) electrons. The Morgan fingerprint density at radius 3 is 2.91 bits per heavy atom. The van der Waals surface area contributed by atoms with Crippen LogP contribution in [-0.2, 0) is 4.79 Å². The summed E-state index contributed by atoms with van der Waals surface area (Å²) in [6.45, 7) is -0.0310. The van der Waals surface area contributed by atoms with E-state index in [9.17, 15) is 9.59 Å². The van der Waals surface area contributed by atoms with Gasteiger partial charge in [0, 0.05) is 15.6 Å². The summed E-state index contributed by atoms with van der Waals surface area (Å²) in [6.07, 6.45) is 4.78. The van der Waals surface area contributed by atoms with Crippen LogP contribution >= 0.6 is 27.3 Å². The van der Waals surface area contributed by atoms with E-state index in [4.69, 9.17) is 4.74 Å². The smallest absolute Gasteiger partial charge is 0.251 e. The minimum Gasteiger partial charge on any atom is -0.464 e. The third-order valence-corrected chi connectivity index (χ3v) is 4.60. The van der Waals surface area contributed by atoms with Crippen LogP contribution in [0.25, 0.3) is 6.08 Å². The highest BCUT2D eigenvalue weighted by molar-refractivity contribution is 9.10. The summed E-state index contributed by atoms with van der Waals surface area (Å²) in [4.78, 5) is 24.8. The summed E-state index contributed by atoms with van der Waals surface area (Å²) in [6, 6.07) is 9.10. The van der Waals surface area contributed by atoms with Gasteiger partial charge in [0.15, 0.2) is 5.78 Å². The summed E-state index contributed by atoms with van der Waals surface area (Å²) in [5, 5.41) is 4.48. The van der Waals surface area contributed by atoms with Crippen molar-refractivity contribution in [3.8, 4) is 5.75 Å². The van der Waals surface area contributed by atoms with Crippen molar-refractivity contribution >= 4 is 45.0 Å². The van der Waals surface area contributed by atoms with Crippen molar-refractivity contribution in [3.05, 3.63) is 68.5 Å². The molecule has 0 unspecified atom stereocenters. The number of ether oxygens (including phenoxy) is 1. The summed E-state index contributed by atoms with van der Waals surface area (Å²) in [5.74, 6) is 0.246. The van der Waals surface area contributed by atoms with E-state index < -0.39 is 0 Å². The average Bonchev–Trinajstić information content (AvgIpc) is 2.99. The molecule has 0 fully saturated rings. The van der Waals surface area contributed by atoms with E-state index in [0.717, 1.165) is 10.0 Å². The van der Waals surface area contributed by atoms with Crippen molar-refractivity contribution in [3.63, 3.8) is 0 Å². The van der Waals surface area contributed by atoms with Gasteiger partial charge in [-0.15, -0.1) is 11.3 Å². The maximum absolute atomic E-state index is 12.3. The lowest BCUT2D eigenvalue weighted by Gasteiger charge is -2.05. The number of benzene rings is 1. The number of Topliss-reactive ketones (excluding diaryl/α,β-unsaturated/α-hetero) is 1. The Morgan fingerprint density at radius 2 is 2.13 bits per heavy atom. The molecule has 4 nitrogen and oxygen atoms in total. The van der Waals surface area contributed by atoms with Gasteiger partial charge in [-0.3, -0.25) is 9.59 Å². The van der Waals surface area contributed by atoms with Gasteiger partial charge in [-0.25, -0.2) is 0 Å². The number of amides is 1. The summed E-state index contributed by atoms with van der Waals surface area (Å²) in [7, 11) is 0. The number of carbonyl (C=O) groups is 2. The number of hydrogen-bond acceptors (Lipinski definition) is 4. The Labute approximate surface area is 145 Å². The molecule has 2 heterocycles. The van der Waals surface area contributed by atoms with Crippen LogP contribution in [0.3, 0.4) is 0 Å². The van der Waals surface area contributed by atoms with E-state index >= 15 is 0 Å². The number of nitrogens with one attached hydrogen (secondary N) is 1. The molecule has 1 amide bonds. The maximum atomic E-state index is 12.3. The first kappa shape index (κ1) is 15.7. The largest absolute Gasteiger partial charge is 0.464 e. The summed E-state index contributed by atoms with van der Waals surface area (Å²) >= 11 is 4.75. The van der Waals surface area contributed by atoms with Crippen molar-refractivity contribution in [2.24, 2.45) is 0 Å². The molecule has 1 N–H and O–H groups in total. The van der Waals surface area contributed by atoms with Gasteiger partial charge in [0.1, 0.15) is 5.75 Å². The standard InChI is InChI=1S/C17H12BrNO3S/c18-13-3-4-15-12(9-13)8-11(5-6-22-15)17(21)19-10-14(20)16-2-1-7-23-16/h1-9H,10H2,(H,19,21). The van der Waals surface area contributed by atoms with Crippen LogP contribution < -0.4 is 10.1 Å². The maximum Gasteiger partial charge on any atom is 0.251 e. The van der Waals surface area contributed by atoms with Crippen LogP contribution in [0.15, 0.2) is 58.1 Å². The Balaban J connectivity index is 1.73. The van der Waals surface area contributed by atoms with Crippen molar-refractivity contribution in [2.45, 2.75) is 0 Å². The molecule has 0 aliphatic carbocycles. The number of ketones is 1. The Kier molecular flexibility index (Phi) is 4.73. The van der Waals surface area contributed by atoms with Gasteiger partial charge in [-0.2, -0.15) is 0 Å². The van der Waals surface area contributed by atoms with Gasteiger partial charge in [-0.05, 0) is 41.8 Å². The molecule has 1 aliphatic rings. The van der Waals surface area contributed by atoms with Gasteiger partial charge in [0.05, 0.1) is 17.7 Å². The Hall–Kier alpha value is -2.18. The molecule has 2 aromatic rings. The normalized spacial score (nSPS) is 12.7. The molecule has 0 atom stereocenters. The zero-order chi connectivity index (χ0) is 16.2. The third-order valence-electron chi connectivity index (χ3n) is 3.19. The quantitative estimate of drug-likeness (QED) is 0.809. The van der Waals surface area contributed by atoms with Crippen LogP contribution in [-0.4, -0.2) is 18.2 Å². The molecule has 1 aromatic carbocycles. The zero-order valence-electron chi connectivity index (χ0n) is 11.9. The highest BCUT2D eigenvalue weighted by atomic mass is 79.9. The molecule has 1 aliphatic heterocycles. The Morgan fingerprint density at radius 1 is 1.26 bits per heavy atom. The zero-order valence-corrected chi connectivity index (χ0v) is 14.3. The van der Waals surface area contributed by atoms with Crippen molar-refractivity contribution in [2.75, 3.05) is 6.54 Å². The highest BCUT2D eigenvalue weighted by Gasteiger charge is 2.14. The van der Waals surface area contributed by atoms with E-state index in [2.05, 4.69) is 21.2 Å². The van der Waals surface area contributed by atoms with E-state index in [0.29, 0.717) is 16.2 Å². The SMILES string of the molecule is O=C(NCC(=O)c1cccs1)C1=Cc2cc(Br)ccc2OC=C1. The molecule has 0 bridgehead atoms. The van der Waals surface area contributed by atoms with Crippen LogP contribution in [0.1, 0.15) is 15.2 Å². The van der Waals surface area contributed by atoms with Crippen molar-refractivity contribution in [1.29, 1.82) is 0 Å². The average molecular weight is 390 g/mol. The van der Waals surface area contributed by atoms with Gasteiger partial charge >= 0.3 is 0 Å². The van der Waals surface area contributed by atoms with Gasteiger partial charge in [0.25, 0.3) is 5.91 Å². The van der Waals surface area contributed by atoms with E-state index in [1.54, 1.807) is 18.2 Å². The molecule has 0 saturated heterocycles. The van der Waals surface area contributed by atoms with E-state index in [-0.39, 0.29) is 18.2 Å². The first-order valence-electron chi connectivity index (χ1n) is 6.83. The van der Waals surface area contributed by atoms with Crippen molar-refractivity contribution in [1.82, 2.24) is 5.32 Å². The minimum absolute atomic E-state index is 0.0310. The minimum atomic E-state index is -0.317. The number of fused-ring (bicyclic) bond motifs is 1. The number of thiophene rings is 1. The molecular weight excluding hydrogens is 378 g/mol. The fourth-order valence-corrected chi connectivity index (χ4v) is 3.11. The molecule has 3 rings (SSSR count). The van der Waals surface area contributed by atoms with E-state index in [1.165, 1.54) is 17.6 Å².